The van der Waals surface area contributed by atoms with Crippen molar-refractivity contribution in [3.05, 3.63) is 24.3 Å². The molecule has 5 rings (SSSR count). The number of benzene rings is 1. The van der Waals surface area contributed by atoms with E-state index in [0.29, 0.717) is 19.3 Å². The molecular weight excluding hydrogens is 473 g/mol. The zero-order valence-corrected chi connectivity index (χ0v) is 19.4. The number of halogens is 3. The van der Waals surface area contributed by atoms with Crippen LogP contribution in [0.1, 0.15) is 45.4 Å². The lowest BCUT2D eigenvalue weighted by atomic mass is 9.54. The van der Waals surface area contributed by atoms with E-state index < -0.39 is 32.5 Å². The van der Waals surface area contributed by atoms with Crippen LogP contribution in [0.15, 0.2) is 29.3 Å². The van der Waals surface area contributed by atoms with Crippen LogP contribution in [0.25, 0.3) is 0 Å². The number of ether oxygens (including phenoxy) is 2. The van der Waals surface area contributed by atoms with Crippen LogP contribution in [0.3, 0.4) is 0 Å². The number of para-hydroxylation sites is 2. The first-order chi connectivity index (χ1) is 15.8. The van der Waals surface area contributed by atoms with Gasteiger partial charge < -0.3 is 15.2 Å². The fourth-order valence-corrected chi connectivity index (χ4v) is 7.46. The molecule has 4 saturated carbocycles. The van der Waals surface area contributed by atoms with Crippen molar-refractivity contribution in [2.45, 2.75) is 68.2 Å². The van der Waals surface area contributed by atoms with Gasteiger partial charge in [0.05, 0.1) is 23.3 Å². The van der Waals surface area contributed by atoms with Crippen molar-refractivity contribution in [2.75, 3.05) is 0 Å². The van der Waals surface area contributed by atoms with Gasteiger partial charge in [0.1, 0.15) is 5.84 Å². The number of nitriles is 1. The SMILES string of the molecule is CC(CC#N)(Oc1ccccc1OC(F)(F)F)C(N)=NC1C2CC3CC1CC(S(N)(=O)=O)(C3)C2. The molecule has 0 heterocycles. The monoisotopic (exact) mass is 500 g/mol. The second-order valence-corrected chi connectivity index (χ2v) is 11.8. The quantitative estimate of drug-likeness (QED) is 0.435. The van der Waals surface area contributed by atoms with E-state index in [1.54, 1.807) is 0 Å². The molecule has 12 heteroatoms. The maximum Gasteiger partial charge on any atom is 0.573 e. The summed E-state index contributed by atoms with van der Waals surface area (Å²) in [7, 11) is -3.72. The number of sulfonamides is 1. The number of nitrogens with two attached hydrogens (primary N) is 2. The second kappa shape index (κ2) is 8.30. The number of hydrogen-bond acceptors (Lipinski definition) is 6. The average Bonchev–Trinajstić information content (AvgIpc) is 2.70. The normalized spacial score (nSPS) is 32.6. The van der Waals surface area contributed by atoms with Crippen molar-refractivity contribution in [1.29, 1.82) is 5.26 Å². The van der Waals surface area contributed by atoms with Crippen LogP contribution < -0.4 is 20.3 Å². The minimum absolute atomic E-state index is 0.0296. The Morgan fingerprint density at radius 3 is 2.24 bits per heavy atom. The summed E-state index contributed by atoms with van der Waals surface area (Å²) in [5.41, 5.74) is 4.81. The van der Waals surface area contributed by atoms with Gasteiger partial charge in [-0.3, -0.25) is 4.99 Å². The predicted molar refractivity (Wildman–Crippen MR) is 117 cm³/mol. The number of primary sulfonamides is 1. The van der Waals surface area contributed by atoms with Crippen LogP contribution in [0.2, 0.25) is 0 Å². The van der Waals surface area contributed by atoms with Gasteiger partial charge >= 0.3 is 6.36 Å². The van der Waals surface area contributed by atoms with Crippen molar-refractivity contribution in [3.8, 4) is 17.6 Å². The molecule has 4 aliphatic carbocycles. The summed E-state index contributed by atoms with van der Waals surface area (Å²) in [6.45, 7) is 1.49. The maximum absolute atomic E-state index is 12.8. The molecule has 4 aliphatic rings. The first kappa shape index (κ1) is 24.6. The van der Waals surface area contributed by atoms with E-state index in [1.165, 1.54) is 25.1 Å². The highest BCUT2D eigenvalue weighted by atomic mass is 32.2. The molecule has 1 aromatic rings. The third-order valence-corrected chi connectivity index (χ3v) is 9.13. The summed E-state index contributed by atoms with van der Waals surface area (Å²) in [5.74, 6) is -0.620. The third-order valence-electron chi connectivity index (χ3n) is 7.43. The Morgan fingerprint density at radius 1 is 1.18 bits per heavy atom. The van der Waals surface area contributed by atoms with Gasteiger partial charge in [-0.05, 0) is 68.9 Å². The fraction of sp³-hybridized carbons (Fsp3) is 0.636. The molecule has 186 valence electrons. The lowest BCUT2D eigenvalue weighted by Crippen LogP contribution is -2.61. The van der Waals surface area contributed by atoms with E-state index in [2.05, 4.69) is 4.74 Å². The zero-order chi connectivity index (χ0) is 24.9. The van der Waals surface area contributed by atoms with Gasteiger partial charge in [-0.2, -0.15) is 5.26 Å². The van der Waals surface area contributed by atoms with Gasteiger partial charge in [-0.25, -0.2) is 13.6 Å². The third kappa shape index (κ3) is 4.55. The van der Waals surface area contributed by atoms with E-state index in [-0.39, 0.29) is 41.8 Å². The van der Waals surface area contributed by atoms with Gasteiger partial charge in [0.2, 0.25) is 10.0 Å². The number of alkyl halides is 3. The summed E-state index contributed by atoms with van der Waals surface area (Å²) in [6.07, 6.45) is -2.20. The maximum atomic E-state index is 12.8. The molecule has 0 amide bonds. The van der Waals surface area contributed by atoms with E-state index in [4.69, 9.17) is 20.6 Å². The molecule has 4 bridgehead atoms. The van der Waals surface area contributed by atoms with Gasteiger partial charge in [0.15, 0.2) is 17.1 Å². The number of amidine groups is 1. The van der Waals surface area contributed by atoms with Crippen LogP contribution in [-0.4, -0.2) is 37.0 Å². The Bertz CT molecular complexity index is 1120. The molecule has 0 aromatic heterocycles. The van der Waals surface area contributed by atoms with Crippen LogP contribution in [0.5, 0.6) is 11.5 Å². The molecular formula is C22H27F3N4O4S. The van der Waals surface area contributed by atoms with Crippen LogP contribution >= 0.6 is 0 Å². The highest BCUT2D eigenvalue weighted by molar-refractivity contribution is 7.90. The van der Waals surface area contributed by atoms with E-state index in [0.717, 1.165) is 18.9 Å². The Balaban J connectivity index is 1.62. The van der Waals surface area contributed by atoms with Crippen LogP contribution in [-0.2, 0) is 10.0 Å². The first-order valence-corrected chi connectivity index (χ1v) is 12.6. The van der Waals surface area contributed by atoms with Crippen molar-refractivity contribution >= 4 is 15.9 Å². The topological polar surface area (TPSA) is 141 Å². The largest absolute Gasteiger partial charge is 0.573 e. The molecule has 3 unspecified atom stereocenters. The molecule has 0 spiro atoms. The lowest BCUT2D eigenvalue weighted by molar-refractivity contribution is -0.275. The smallest absolute Gasteiger partial charge is 0.475 e. The number of hydrogen-bond donors (Lipinski definition) is 2. The second-order valence-electron chi connectivity index (χ2n) is 9.87. The van der Waals surface area contributed by atoms with Crippen molar-refractivity contribution < 1.29 is 31.1 Å². The molecule has 4 N–H and O–H groups in total. The van der Waals surface area contributed by atoms with Gasteiger partial charge in [-0.1, -0.05) is 12.1 Å². The molecule has 3 atom stereocenters. The summed E-state index contributed by atoms with van der Waals surface area (Å²) >= 11 is 0. The predicted octanol–water partition coefficient (Wildman–Crippen LogP) is 3.23. The molecule has 34 heavy (non-hydrogen) atoms. The Labute approximate surface area is 196 Å². The summed E-state index contributed by atoms with van der Waals surface area (Å²) in [5, 5.41) is 15.0. The fourth-order valence-electron chi connectivity index (χ4n) is 6.10. The van der Waals surface area contributed by atoms with Gasteiger partial charge in [0, 0.05) is 0 Å². The Kier molecular flexibility index (Phi) is 6.01. The summed E-state index contributed by atoms with van der Waals surface area (Å²) < 4.78 is 72.1. The van der Waals surface area contributed by atoms with Gasteiger partial charge in [0.25, 0.3) is 0 Å². The molecule has 0 saturated heterocycles. The van der Waals surface area contributed by atoms with E-state index in [1.807, 2.05) is 6.07 Å². The standard InChI is InChI=1S/C22H27F3N4O4S/c1-20(6-7-26,32-16-4-2-3-5-17(16)33-22(23,24)25)19(27)29-18-14-8-13-9-15(18)12-21(10-13,11-14)34(28,30)31/h2-5,13-15,18H,6,8-12H2,1H3,(H2,27,29)(H2,28,30,31). The molecule has 8 nitrogen and oxygen atoms in total. The van der Waals surface area contributed by atoms with E-state index in [9.17, 15) is 26.9 Å². The number of aliphatic imine (C=N–C) groups is 1. The average molecular weight is 501 g/mol. The highest BCUT2D eigenvalue weighted by Gasteiger charge is 2.60. The highest BCUT2D eigenvalue weighted by Crippen LogP contribution is 2.59. The molecule has 1 aromatic carbocycles. The molecule has 0 radical (unpaired) electrons. The minimum atomic E-state index is -4.93. The molecule has 0 aliphatic heterocycles. The summed E-state index contributed by atoms with van der Waals surface area (Å²) in [6, 6.07) is 6.93. The zero-order valence-electron chi connectivity index (χ0n) is 18.6. The van der Waals surface area contributed by atoms with Crippen molar-refractivity contribution in [1.82, 2.24) is 0 Å². The Hall–Kier alpha value is -2.52. The number of rotatable bonds is 7. The van der Waals surface area contributed by atoms with Gasteiger partial charge in [-0.15, -0.1) is 13.2 Å². The van der Waals surface area contributed by atoms with Crippen LogP contribution in [0.4, 0.5) is 13.2 Å². The first-order valence-electron chi connectivity index (χ1n) is 11.0. The van der Waals surface area contributed by atoms with Crippen LogP contribution in [0, 0.1) is 29.1 Å². The van der Waals surface area contributed by atoms with Crippen molar-refractivity contribution in [2.24, 2.45) is 33.6 Å². The molecule has 4 fully saturated rings. The lowest BCUT2D eigenvalue weighted by Gasteiger charge is -2.57. The minimum Gasteiger partial charge on any atom is -0.475 e. The number of nitrogens with zero attached hydrogens (tertiary/aromatic N) is 2. The van der Waals surface area contributed by atoms with Crippen molar-refractivity contribution in [3.63, 3.8) is 0 Å². The van der Waals surface area contributed by atoms with E-state index >= 15 is 0 Å². The Morgan fingerprint density at radius 2 is 1.74 bits per heavy atom. The summed E-state index contributed by atoms with van der Waals surface area (Å²) in [4.78, 5) is 4.70.